The van der Waals surface area contributed by atoms with E-state index in [1.165, 1.54) is 6.20 Å². The summed E-state index contributed by atoms with van der Waals surface area (Å²) in [5.41, 5.74) is 0.346. The highest BCUT2D eigenvalue weighted by atomic mass is 19.4. The van der Waals surface area contributed by atoms with Crippen molar-refractivity contribution < 1.29 is 22.8 Å². The van der Waals surface area contributed by atoms with E-state index in [1.54, 1.807) is 10.9 Å². The Kier molecular flexibility index (Phi) is 4.96. The Morgan fingerprint density at radius 1 is 1.39 bits per heavy atom. The molecule has 1 aromatic heterocycles. The topological polar surface area (TPSA) is 67.2 Å². The zero-order valence-corrected chi connectivity index (χ0v) is 12.9. The molecule has 0 spiro atoms. The minimum Gasteiger partial charge on any atom is -0.347 e. The van der Waals surface area contributed by atoms with Crippen molar-refractivity contribution in [3.8, 4) is 0 Å². The van der Waals surface area contributed by atoms with Gasteiger partial charge in [0.15, 0.2) is 0 Å². The fourth-order valence-electron chi connectivity index (χ4n) is 2.70. The van der Waals surface area contributed by atoms with Gasteiger partial charge in [-0.3, -0.25) is 14.3 Å². The molecule has 128 valence electrons. The summed E-state index contributed by atoms with van der Waals surface area (Å²) in [6.45, 7) is 3.45. The number of hydrogen-bond acceptors (Lipinski definition) is 3. The Bertz CT molecular complexity index is 585. The third-order valence-corrected chi connectivity index (χ3v) is 3.92. The molecule has 0 aromatic carbocycles. The summed E-state index contributed by atoms with van der Waals surface area (Å²) in [5.74, 6) is -1.05. The van der Waals surface area contributed by atoms with Crippen LogP contribution in [0.3, 0.4) is 0 Å². The maximum absolute atomic E-state index is 13.0. The van der Waals surface area contributed by atoms with Crippen molar-refractivity contribution in [1.82, 2.24) is 20.0 Å². The standard InChI is InChI=1S/C14H19F3N4O2/c1-3-20-7-10(6-18-20)13(23)19-11-4-5-12(14(15,16)17)21(8-11)9(2)22/h6-7,11-12H,3-5,8H2,1-2H3,(H,19,23). The van der Waals surface area contributed by atoms with Crippen LogP contribution in [0.4, 0.5) is 13.2 Å². The summed E-state index contributed by atoms with van der Waals surface area (Å²) < 4.78 is 40.4. The number of carbonyl (C=O) groups is 2. The molecular formula is C14H19F3N4O2. The second-order valence-corrected chi connectivity index (χ2v) is 5.56. The molecular weight excluding hydrogens is 313 g/mol. The molecule has 1 fully saturated rings. The Balaban J connectivity index is 2.02. The molecule has 2 heterocycles. The number of piperidine rings is 1. The number of rotatable bonds is 3. The van der Waals surface area contributed by atoms with E-state index in [9.17, 15) is 22.8 Å². The van der Waals surface area contributed by atoms with Gasteiger partial charge < -0.3 is 10.2 Å². The van der Waals surface area contributed by atoms with E-state index in [2.05, 4.69) is 10.4 Å². The van der Waals surface area contributed by atoms with E-state index in [0.717, 1.165) is 11.8 Å². The summed E-state index contributed by atoms with van der Waals surface area (Å²) in [6, 6.07) is -2.29. The van der Waals surface area contributed by atoms with Crippen LogP contribution in [-0.4, -0.2) is 51.3 Å². The molecule has 1 saturated heterocycles. The predicted molar refractivity (Wildman–Crippen MR) is 75.6 cm³/mol. The van der Waals surface area contributed by atoms with Gasteiger partial charge in [0.25, 0.3) is 5.91 Å². The molecule has 1 aromatic rings. The summed E-state index contributed by atoms with van der Waals surface area (Å²) >= 11 is 0. The number of carbonyl (C=O) groups excluding carboxylic acids is 2. The number of nitrogens with zero attached hydrogens (tertiary/aromatic N) is 3. The zero-order chi connectivity index (χ0) is 17.2. The van der Waals surface area contributed by atoms with Gasteiger partial charge in [-0.1, -0.05) is 0 Å². The van der Waals surface area contributed by atoms with Crippen LogP contribution in [0.1, 0.15) is 37.0 Å². The average molecular weight is 332 g/mol. The molecule has 6 nitrogen and oxygen atoms in total. The zero-order valence-electron chi connectivity index (χ0n) is 12.9. The fourth-order valence-corrected chi connectivity index (χ4v) is 2.70. The van der Waals surface area contributed by atoms with E-state index in [0.29, 0.717) is 12.1 Å². The first-order valence-corrected chi connectivity index (χ1v) is 7.39. The fraction of sp³-hybridized carbons (Fsp3) is 0.643. The van der Waals surface area contributed by atoms with E-state index in [1.807, 2.05) is 6.92 Å². The lowest BCUT2D eigenvalue weighted by atomic mass is 9.97. The van der Waals surface area contributed by atoms with Gasteiger partial charge in [-0.05, 0) is 19.8 Å². The lowest BCUT2D eigenvalue weighted by molar-refractivity contribution is -0.196. The van der Waals surface area contributed by atoms with Gasteiger partial charge in [-0.2, -0.15) is 18.3 Å². The second-order valence-electron chi connectivity index (χ2n) is 5.56. The number of likely N-dealkylation sites (tertiary alicyclic amines) is 1. The molecule has 2 rings (SSSR count). The molecule has 1 N–H and O–H groups in total. The van der Waals surface area contributed by atoms with Crippen LogP contribution in [0, 0.1) is 0 Å². The van der Waals surface area contributed by atoms with Gasteiger partial charge >= 0.3 is 6.18 Å². The van der Waals surface area contributed by atoms with Gasteiger partial charge in [-0.25, -0.2) is 0 Å². The molecule has 1 aliphatic heterocycles. The largest absolute Gasteiger partial charge is 0.408 e. The maximum atomic E-state index is 13.0. The van der Waals surface area contributed by atoms with E-state index >= 15 is 0 Å². The Hall–Kier alpha value is -2.06. The summed E-state index contributed by atoms with van der Waals surface area (Å²) in [6.07, 6.45) is -1.53. The summed E-state index contributed by atoms with van der Waals surface area (Å²) in [5, 5.41) is 6.65. The average Bonchev–Trinajstić information content (AvgIpc) is 2.95. The Morgan fingerprint density at radius 2 is 2.09 bits per heavy atom. The first-order chi connectivity index (χ1) is 10.7. The maximum Gasteiger partial charge on any atom is 0.408 e. The highest BCUT2D eigenvalue weighted by Crippen LogP contribution is 2.32. The minimum absolute atomic E-state index is 0.146. The van der Waals surface area contributed by atoms with E-state index < -0.39 is 30.1 Å². The highest BCUT2D eigenvalue weighted by molar-refractivity contribution is 5.93. The third kappa shape index (κ3) is 4.02. The van der Waals surface area contributed by atoms with Crippen molar-refractivity contribution in [3.05, 3.63) is 18.0 Å². The second kappa shape index (κ2) is 6.59. The van der Waals surface area contributed by atoms with Crippen LogP contribution in [0.2, 0.25) is 0 Å². The van der Waals surface area contributed by atoms with Crippen LogP contribution in [0.25, 0.3) is 0 Å². The van der Waals surface area contributed by atoms with Crippen LogP contribution >= 0.6 is 0 Å². The van der Waals surface area contributed by atoms with Crippen LogP contribution in [0.5, 0.6) is 0 Å². The number of aryl methyl sites for hydroxylation is 1. The molecule has 2 atom stereocenters. The normalized spacial score (nSPS) is 22.0. The number of amides is 2. The van der Waals surface area contributed by atoms with Crippen LogP contribution in [0.15, 0.2) is 12.4 Å². The number of aromatic nitrogens is 2. The molecule has 0 bridgehead atoms. The molecule has 9 heteroatoms. The predicted octanol–water partition coefficient (Wildman–Crippen LogP) is 1.57. The first-order valence-electron chi connectivity index (χ1n) is 7.39. The Labute approximate surface area is 131 Å². The molecule has 0 radical (unpaired) electrons. The third-order valence-electron chi connectivity index (χ3n) is 3.92. The van der Waals surface area contributed by atoms with Gasteiger partial charge in [0.05, 0.1) is 11.8 Å². The molecule has 2 amide bonds. The van der Waals surface area contributed by atoms with Gasteiger partial charge in [-0.15, -0.1) is 0 Å². The molecule has 0 saturated carbocycles. The first kappa shape index (κ1) is 17.3. The van der Waals surface area contributed by atoms with Crippen molar-refractivity contribution >= 4 is 11.8 Å². The number of hydrogen-bond donors (Lipinski definition) is 1. The molecule has 23 heavy (non-hydrogen) atoms. The Morgan fingerprint density at radius 3 is 2.61 bits per heavy atom. The van der Waals surface area contributed by atoms with Gasteiger partial charge in [0, 0.05) is 32.3 Å². The summed E-state index contributed by atoms with van der Waals surface area (Å²) in [4.78, 5) is 24.4. The quantitative estimate of drug-likeness (QED) is 0.914. The number of alkyl halides is 3. The van der Waals surface area contributed by atoms with Crippen molar-refractivity contribution in [1.29, 1.82) is 0 Å². The van der Waals surface area contributed by atoms with Crippen LogP contribution in [-0.2, 0) is 11.3 Å². The molecule has 2 unspecified atom stereocenters. The SMILES string of the molecule is CCn1cc(C(=O)NC2CCC(C(F)(F)F)N(C(C)=O)C2)cn1. The molecule has 0 aliphatic carbocycles. The van der Waals surface area contributed by atoms with E-state index in [-0.39, 0.29) is 19.4 Å². The lowest BCUT2D eigenvalue weighted by Crippen LogP contribution is -2.57. The van der Waals surface area contributed by atoms with Crippen molar-refractivity contribution in [2.45, 2.75) is 51.5 Å². The van der Waals surface area contributed by atoms with Crippen molar-refractivity contribution in [2.75, 3.05) is 6.54 Å². The smallest absolute Gasteiger partial charge is 0.347 e. The molecule has 1 aliphatic rings. The van der Waals surface area contributed by atoms with Gasteiger partial charge in [0.2, 0.25) is 5.91 Å². The minimum atomic E-state index is -4.46. The van der Waals surface area contributed by atoms with E-state index in [4.69, 9.17) is 0 Å². The number of halogens is 3. The summed E-state index contributed by atoms with van der Waals surface area (Å²) in [7, 11) is 0. The number of nitrogens with one attached hydrogen (secondary N) is 1. The monoisotopic (exact) mass is 332 g/mol. The highest BCUT2D eigenvalue weighted by Gasteiger charge is 2.47. The van der Waals surface area contributed by atoms with Gasteiger partial charge in [0.1, 0.15) is 6.04 Å². The van der Waals surface area contributed by atoms with Crippen molar-refractivity contribution in [2.24, 2.45) is 0 Å². The van der Waals surface area contributed by atoms with Crippen molar-refractivity contribution in [3.63, 3.8) is 0 Å². The lowest BCUT2D eigenvalue weighted by Gasteiger charge is -2.40. The van der Waals surface area contributed by atoms with Crippen LogP contribution < -0.4 is 5.32 Å².